The largest absolute Gasteiger partial charge is 0.549 e. The monoisotopic (exact) mass is 268 g/mol. The summed E-state index contributed by atoms with van der Waals surface area (Å²) in [4.78, 5) is 13.6. The lowest BCUT2D eigenvalue weighted by Crippen LogP contribution is -2.31. The van der Waals surface area contributed by atoms with Gasteiger partial charge in [0, 0.05) is 6.20 Å². The van der Waals surface area contributed by atoms with E-state index in [2.05, 4.69) is 4.98 Å². The quantitative estimate of drug-likeness (QED) is 0.765. The third-order valence-corrected chi connectivity index (χ3v) is 3.51. The van der Waals surface area contributed by atoms with Gasteiger partial charge in [0.05, 0.1) is 21.8 Å². The summed E-state index contributed by atoms with van der Waals surface area (Å²) in [6, 6.07) is 1.16. The van der Waals surface area contributed by atoms with Crippen molar-refractivity contribution in [2.24, 2.45) is 0 Å². The Balaban J connectivity index is 3.22. The number of rotatable bonds is 3. The molecule has 0 fully saturated rings. The number of halogens is 2. The predicted octanol–water partition coefficient (Wildman–Crippen LogP) is -0.0880. The van der Waals surface area contributed by atoms with Gasteiger partial charge in [0.15, 0.2) is 5.03 Å². The number of aliphatic carboxylic acids is 1. The van der Waals surface area contributed by atoms with Crippen molar-refractivity contribution in [3.8, 4) is 0 Å². The maximum atomic E-state index is 11.4. The van der Waals surface area contributed by atoms with Gasteiger partial charge in [-0.3, -0.25) is 0 Å². The van der Waals surface area contributed by atoms with E-state index in [1.165, 1.54) is 0 Å². The molecular formula is C7H4Cl2NO4S-. The molecule has 0 aliphatic rings. The topological polar surface area (TPSA) is 87.2 Å². The smallest absolute Gasteiger partial charge is 0.202 e. The maximum absolute atomic E-state index is 11.4. The fraction of sp³-hybridized carbons (Fsp3) is 0.143. The Kier molecular flexibility index (Phi) is 3.54. The average Bonchev–Trinajstić information content (AvgIpc) is 1.99. The summed E-state index contributed by atoms with van der Waals surface area (Å²) in [7, 11) is -4.07. The number of carbonyl (C=O) groups is 1. The number of nitrogens with zero attached hydrogens (tertiary/aromatic N) is 1. The lowest BCUT2D eigenvalue weighted by Gasteiger charge is -2.05. The number of carbonyl (C=O) groups excluding carboxylic acids is 1. The van der Waals surface area contributed by atoms with Crippen LogP contribution in [0.4, 0.5) is 0 Å². The molecule has 15 heavy (non-hydrogen) atoms. The molecule has 0 unspecified atom stereocenters. The molecule has 1 aromatic rings. The molecule has 0 saturated carbocycles. The van der Waals surface area contributed by atoms with Crippen LogP contribution in [0.25, 0.3) is 0 Å². The Morgan fingerprint density at radius 3 is 2.53 bits per heavy atom. The molecule has 0 N–H and O–H groups in total. The van der Waals surface area contributed by atoms with Crippen LogP contribution in [0.1, 0.15) is 0 Å². The molecule has 1 heterocycles. The third kappa shape index (κ3) is 3.05. The Morgan fingerprint density at radius 2 is 2.07 bits per heavy atom. The zero-order valence-electron chi connectivity index (χ0n) is 7.11. The van der Waals surface area contributed by atoms with Crippen LogP contribution in [0.15, 0.2) is 17.3 Å². The normalized spacial score (nSPS) is 11.3. The fourth-order valence-corrected chi connectivity index (χ4v) is 2.60. The summed E-state index contributed by atoms with van der Waals surface area (Å²) in [5.41, 5.74) is 0. The van der Waals surface area contributed by atoms with Crippen LogP contribution in [0.3, 0.4) is 0 Å². The molecule has 0 saturated heterocycles. The van der Waals surface area contributed by atoms with E-state index in [0.29, 0.717) is 0 Å². The van der Waals surface area contributed by atoms with Crippen LogP contribution in [0.2, 0.25) is 10.0 Å². The molecule has 82 valence electrons. The fourth-order valence-electron chi connectivity index (χ4n) is 0.854. The number of hydrogen-bond acceptors (Lipinski definition) is 5. The zero-order chi connectivity index (χ0) is 11.6. The van der Waals surface area contributed by atoms with Crippen molar-refractivity contribution in [1.82, 2.24) is 4.98 Å². The van der Waals surface area contributed by atoms with Crippen LogP contribution < -0.4 is 5.11 Å². The van der Waals surface area contributed by atoms with Crippen LogP contribution in [0.5, 0.6) is 0 Å². The van der Waals surface area contributed by atoms with Gasteiger partial charge in [0.2, 0.25) is 9.84 Å². The highest BCUT2D eigenvalue weighted by molar-refractivity contribution is 7.92. The number of carboxylic acid groups (broad SMARTS) is 1. The van der Waals surface area contributed by atoms with Gasteiger partial charge >= 0.3 is 0 Å². The molecule has 0 spiro atoms. The number of carboxylic acids is 1. The first-order valence-corrected chi connectivity index (χ1v) is 5.97. The van der Waals surface area contributed by atoms with Crippen molar-refractivity contribution < 1.29 is 18.3 Å². The molecule has 0 radical (unpaired) electrons. The number of aromatic nitrogens is 1. The lowest BCUT2D eigenvalue weighted by molar-refractivity contribution is -0.301. The van der Waals surface area contributed by atoms with Gasteiger partial charge in [-0.05, 0) is 6.07 Å². The highest BCUT2D eigenvalue weighted by atomic mass is 35.5. The molecule has 1 rings (SSSR count). The lowest BCUT2D eigenvalue weighted by atomic mass is 10.5. The molecule has 5 nitrogen and oxygen atoms in total. The second-order valence-electron chi connectivity index (χ2n) is 2.57. The summed E-state index contributed by atoms with van der Waals surface area (Å²) in [6.07, 6.45) is 1.07. The van der Waals surface area contributed by atoms with Gasteiger partial charge in [0.1, 0.15) is 0 Å². The van der Waals surface area contributed by atoms with Crippen molar-refractivity contribution in [3.05, 3.63) is 22.3 Å². The van der Waals surface area contributed by atoms with Crippen molar-refractivity contribution in [2.45, 2.75) is 5.03 Å². The van der Waals surface area contributed by atoms with Gasteiger partial charge in [-0.25, -0.2) is 13.4 Å². The third-order valence-electron chi connectivity index (χ3n) is 1.38. The molecule has 0 atom stereocenters. The Morgan fingerprint density at radius 1 is 1.47 bits per heavy atom. The molecule has 1 aromatic heterocycles. The van der Waals surface area contributed by atoms with Crippen molar-refractivity contribution >= 4 is 39.0 Å². The van der Waals surface area contributed by atoms with Gasteiger partial charge in [-0.15, -0.1) is 0 Å². The Hall–Kier alpha value is -0.850. The average molecular weight is 269 g/mol. The molecule has 0 amide bonds. The van der Waals surface area contributed by atoms with Crippen molar-refractivity contribution in [1.29, 1.82) is 0 Å². The SMILES string of the molecule is O=C([O-])CS(=O)(=O)c1ncc(Cl)cc1Cl. The van der Waals surface area contributed by atoms with E-state index >= 15 is 0 Å². The molecule has 8 heteroatoms. The minimum absolute atomic E-state index is 0.160. The first kappa shape index (κ1) is 12.2. The second kappa shape index (κ2) is 4.34. The molecule has 0 aliphatic carbocycles. The first-order chi connectivity index (χ1) is 6.83. The molecular weight excluding hydrogens is 265 g/mol. The van der Waals surface area contributed by atoms with Gasteiger partial charge in [0.25, 0.3) is 0 Å². The summed E-state index contributed by atoms with van der Waals surface area (Å²) >= 11 is 11.1. The van der Waals surface area contributed by atoms with Crippen molar-refractivity contribution in [3.63, 3.8) is 0 Å². The number of sulfone groups is 1. The minimum Gasteiger partial charge on any atom is -0.549 e. The van der Waals surface area contributed by atoms with Crippen LogP contribution in [0, 0.1) is 0 Å². The highest BCUT2D eigenvalue weighted by Crippen LogP contribution is 2.22. The van der Waals surface area contributed by atoms with Crippen LogP contribution >= 0.6 is 23.2 Å². The van der Waals surface area contributed by atoms with Crippen LogP contribution in [-0.4, -0.2) is 25.1 Å². The Bertz CT molecular complexity index is 500. The molecule has 0 bridgehead atoms. The summed E-state index contributed by atoms with van der Waals surface area (Å²) < 4.78 is 22.7. The first-order valence-electron chi connectivity index (χ1n) is 3.56. The zero-order valence-corrected chi connectivity index (χ0v) is 9.43. The minimum atomic E-state index is -4.07. The standard InChI is InChI=1S/C7H5Cl2NO4S/c8-4-1-5(9)7(10-2-4)15(13,14)3-6(11)12/h1-2H,3H2,(H,11,12)/p-1. The van der Waals surface area contributed by atoms with Crippen LogP contribution in [-0.2, 0) is 14.6 Å². The van der Waals surface area contributed by atoms with E-state index in [4.69, 9.17) is 23.2 Å². The van der Waals surface area contributed by atoms with Crippen molar-refractivity contribution in [2.75, 3.05) is 5.75 Å². The van der Waals surface area contributed by atoms with E-state index in [-0.39, 0.29) is 10.0 Å². The predicted molar refractivity (Wildman–Crippen MR) is 51.3 cm³/mol. The Labute approximate surface area is 95.6 Å². The van der Waals surface area contributed by atoms with E-state index < -0.39 is 26.6 Å². The number of pyridine rings is 1. The maximum Gasteiger partial charge on any atom is 0.202 e. The summed E-state index contributed by atoms with van der Waals surface area (Å²) in [5.74, 6) is -2.88. The highest BCUT2D eigenvalue weighted by Gasteiger charge is 2.20. The van der Waals surface area contributed by atoms with E-state index in [0.717, 1.165) is 12.3 Å². The van der Waals surface area contributed by atoms with E-state index in [9.17, 15) is 18.3 Å². The van der Waals surface area contributed by atoms with E-state index in [1.807, 2.05) is 0 Å². The second-order valence-corrected chi connectivity index (χ2v) is 5.32. The van der Waals surface area contributed by atoms with E-state index in [1.54, 1.807) is 0 Å². The number of hydrogen-bond donors (Lipinski definition) is 0. The van der Waals surface area contributed by atoms with Gasteiger partial charge < -0.3 is 9.90 Å². The summed E-state index contributed by atoms with van der Waals surface area (Å²) in [5, 5.41) is 9.60. The van der Waals surface area contributed by atoms with Gasteiger partial charge in [-0.2, -0.15) is 0 Å². The molecule has 0 aliphatic heterocycles. The summed E-state index contributed by atoms with van der Waals surface area (Å²) in [6.45, 7) is 0. The molecule has 0 aromatic carbocycles. The van der Waals surface area contributed by atoms with Gasteiger partial charge in [-0.1, -0.05) is 23.2 Å².